The van der Waals surface area contributed by atoms with E-state index in [0.29, 0.717) is 17.9 Å². The Labute approximate surface area is 127 Å². The Hall–Kier alpha value is -0.120. The highest BCUT2D eigenvalue weighted by Gasteiger charge is 2.23. The van der Waals surface area contributed by atoms with Gasteiger partial charge in [-0.3, -0.25) is 0 Å². The first kappa shape index (κ1) is 19.9. The number of hydrogen-bond acceptors (Lipinski definition) is 3. The van der Waals surface area contributed by atoms with Crippen LogP contribution < -0.4 is 5.32 Å². The lowest BCUT2D eigenvalue weighted by Crippen LogP contribution is -2.49. The molecule has 0 aliphatic heterocycles. The van der Waals surface area contributed by atoms with E-state index in [0.717, 1.165) is 19.4 Å². The van der Waals surface area contributed by atoms with E-state index in [1.165, 1.54) is 13.1 Å². The summed E-state index contributed by atoms with van der Waals surface area (Å²) in [6, 6.07) is 0.412. The molecule has 122 valence electrons. The molecule has 0 aromatic rings. The van der Waals surface area contributed by atoms with E-state index in [2.05, 4.69) is 58.7 Å². The molecule has 0 rings (SSSR count). The van der Waals surface area contributed by atoms with E-state index in [1.54, 1.807) is 0 Å². The average Bonchev–Trinajstić information content (AvgIpc) is 2.26. The van der Waals surface area contributed by atoms with Gasteiger partial charge >= 0.3 is 0 Å². The van der Waals surface area contributed by atoms with Crippen molar-refractivity contribution in [1.29, 1.82) is 0 Å². The summed E-state index contributed by atoms with van der Waals surface area (Å²) in [6.07, 6.45) is 2.16. The zero-order valence-corrected chi connectivity index (χ0v) is 14.9. The van der Waals surface area contributed by atoms with Gasteiger partial charge in [-0.1, -0.05) is 41.5 Å². The second-order valence-electron chi connectivity index (χ2n) is 7.67. The molecule has 3 heteroatoms. The molecule has 0 radical (unpaired) electrons. The van der Waals surface area contributed by atoms with Crippen LogP contribution in [0.4, 0.5) is 0 Å². The Morgan fingerprint density at radius 3 is 1.85 bits per heavy atom. The quantitative estimate of drug-likeness (QED) is 0.612. The van der Waals surface area contributed by atoms with Crippen LogP contribution in [0, 0.1) is 11.8 Å². The van der Waals surface area contributed by atoms with Gasteiger partial charge in [0.1, 0.15) is 0 Å². The lowest BCUT2D eigenvalue weighted by Gasteiger charge is -2.33. The maximum absolute atomic E-state index is 9.61. The molecule has 0 bridgehead atoms. The first-order valence-electron chi connectivity index (χ1n) is 8.29. The van der Waals surface area contributed by atoms with Crippen molar-refractivity contribution in [3.05, 3.63) is 0 Å². The van der Waals surface area contributed by atoms with Crippen molar-refractivity contribution in [2.75, 3.05) is 26.2 Å². The molecule has 0 fully saturated rings. The summed E-state index contributed by atoms with van der Waals surface area (Å²) in [5, 5.41) is 13.1. The third-order valence-electron chi connectivity index (χ3n) is 3.44. The van der Waals surface area contributed by atoms with E-state index >= 15 is 0 Å². The van der Waals surface area contributed by atoms with E-state index in [4.69, 9.17) is 0 Å². The lowest BCUT2D eigenvalue weighted by molar-refractivity contribution is 0.144. The van der Waals surface area contributed by atoms with Crippen molar-refractivity contribution in [2.24, 2.45) is 11.8 Å². The van der Waals surface area contributed by atoms with E-state index < -0.39 is 0 Å². The predicted molar refractivity (Wildman–Crippen MR) is 89.1 cm³/mol. The van der Waals surface area contributed by atoms with E-state index in [1.807, 2.05) is 0 Å². The topological polar surface area (TPSA) is 35.5 Å². The zero-order valence-electron chi connectivity index (χ0n) is 14.9. The predicted octanol–water partition coefficient (Wildman–Crippen LogP) is 3.13. The van der Waals surface area contributed by atoms with Crippen molar-refractivity contribution >= 4 is 0 Å². The highest BCUT2D eigenvalue weighted by molar-refractivity contribution is 4.84. The Morgan fingerprint density at radius 1 is 1.00 bits per heavy atom. The Morgan fingerprint density at radius 2 is 1.50 bits per heavy atom. The normalized spacial score (nSPS) is 15.6. The Kier molecular flexibility index (Phi) is 9.69. The number of nitrogens with zero attached hydrogens (tertiary/aromatic N) is 1. The summed E-state index contributed by atoms with van der Waals surface area (Å²) < 4.78 is 0. The summed E-state index contributed by atoms with van der Waals surface area (Å²) in [5.74, 6) is 1.43. The molecule has 1 atom stereocenters. The highest BCUT2D eigenvalue weighted by atomic mass is 16.3. The van der Waals surface area contributed by atoms with Crippen LogP contribution in [0.5, 0.6) is 0 Å². The van der Waals surface area contributed by atoms with Crippen LogP contribution in [-0.2, 0) is 0 Å². The minimum Gasteiger partial charge on any atom is -0.394 e. The molecule has 0 aliphatic rings. The van der Waals surface area contributed by atoms with Gasteiger partial charge in [-0.25, -0.2) is 0 Å². The number of nitrogens with one attached hydrogen (secondary N) is 1. The maximum Gasteiger partial charge on any atom is 0.0610 e. The van der Waals surface area contributed by atoms with Gasteiger partial charge in [0.25, 0.3) is 0 Å². The van der Waals surface area contributed by atoms with Gasteiger partial charge in [0.15, 0.2) is 0 Å². The Bertz CT molecular complexity index is 231. The molecule has 3 nitrogen and oxygen atoms in total. The lowest BCUT2D eigenvalue weighted by atomic mass is 9.95. The minimum absolute atomic E-state index is 0.143. The van der Waals surface area contributed by atoms with Crippen molar-refractivity contribution < 1.29 is 5.11 Å². The van der Waals surface area contributed by atoms with Gasteiger partial charge in [-0.05, 0) is 38.1 Å². The molecule has 0 saturated carbocycles. The van der Waals surface area contributed by atoms with Gasteiger partial charge in [-0.15, -0.1) is 0 Å². The Balaban J connectivity index is 4.25. The summed E-state index contributed by atoms with van der Waals surface area (Å²) in [5.41, 5.74) is -0.143. The third kappa shape index (κ3) is 9.73. The van der Waals surface area contributed by atoms with Crippen LogP contribution in [0.2, 0.25) is 0 Å². The maximum atomic E-state index is 9.61. The fourth-order valence-electron chi connectivity index (χ4n) is 2.88. The first-order chi connectivity index (χ1) is 9.18. The molecule has 0 aliphatic carbocycles. The van der Waals surface area contributed by atoms with Crippen LogP contribution in [0.25, 0.3) is 0 Å². The number of aliphatic hydroxyl groups excluding tert-OH is 1. The van der Waals surface area contributed by atoms with Crippen LogP contribution in [0.15, 0.2) is 0 Å². The fraction of sp³-hybridized carbons (Fsp3) is 1.00. The molecule has 2 N–H and O–H groups in total. The van der Waals surface area contributed by atoms with Crippen molar-refractivity contribution in [3.8, 4) is 0 Å². The molecule has 1 unspecified atom stereocenters. The largest absolute Gasteiger partial charge is 0.394 e. The van der Waals surface area contributed by atoms with Gasteiger partial charge in [0.05, 0.1) is 6.61 Å². The van der Waals surface area contributed by atoms with Gasteiger partial charge in [0.2, 0.25) is 0 Å². The molecule has 20 heavy (non-hydrogen) atoms. The zero-order chi connectivity index (χ0) is 15.8. The highest BCUT2D eigenvalue weighted by Crippen LogP contribution is 2.14. The third-order valence-corrected chi connectivity index (χ3v) is 3.44. The molecule has 0 amide bonds. The van der Waals surface area contributed by atoms with Crippen LogP contribution >= 0.6 is 0 Å². The number of rotatable bonds is 11. The molecule has 0 saturated heterocycles. The van der Waals surface area contributed by atoms with E-state index in [9.17, 15) is 5.11 Å². The summed E-state index contributed by atoms with van der Waals surface area (Å²) in [4.78, 5) is 2.57. The molecule has 0 aromatic carbocycles. The summed E-state index contributed by atoms with van der Waals surface area (Å²) >= 11 is 0. The van der Waals surface area contributed by atoms with Crippen molar-refractivity contribution in [1.82, 2.24) is 10.2 Å². The smallest absolute Gasteiger partial charge is 0.0610 e. The van der Waals surface area contributed by atoms with Crippen LogP contribution in [-0.4, -0.2) is 47.8 Å². The SMILES string of the molecule is CC(C)CN(CCCC(C)(CO)NC(C)C)CC(C)C. The molecular formula is C17H38N2O. The number of hydrogen-bond donors (Lipinski definition) is 2. The van der Waals surface area contributed by atoms with Crippen molar-refractivity contribution in [3.63, 3.8) is 0 Å². The fourth-order valence-corrected chi connectivity index (χ4v) is 2.88. The van der Waals surface area contributed by atoms with Gasteiger partial charge < -0.3 is 15.3 Å². The standard InChI is InChI=1S/C17H38N2O/c1-14(2)11-19(12-15(3)4)10-8-9-17(7,13-20)18-16(5)6/h14-16,18,20H,8-13H2,1-7H3. The minimum atomic E-state index is -0.143. The van der Waals surface area contributed by atoms with E-state index in [-0.39, 0.29) is 12.1 Å². The summed E-state index contributed by atoms with van der Waals surface area (Å²) in [7, 11) is 0. The second-order valence-corrected chi connectivity index (χ2v) is 7.67. The monoisotopic (exact) mass is 286 g/mol. The molecule has 0 aromatic heterocycles. The van der Waals surface area contributed by atoms with Crippen molar-refractivity contribution in [2.45, 2.75) is 72.9 Å². The average molecular weight is 287 g/mol. The van der Waals surface area contributed by atoms with Gasteiger partial charge in [-0.2, -0.15) is 0 Å². The number of aliphatic hydroxyl groups is 1. The molecular weight excluding hydrogens is 248 g/mol. The second kappa shape index (κ2) is 9.75. The first-order valence-corrected chi connectivity index (χ1v) is 8.29. The van der Waals surface area contributed by atoms with Gasteiger partial charge in [0, 0.05) is 24.7 Å². The molecule has 0 spiro atoms. The summed E-state index contributed by atoms with van der Waals surface area (Å²) in [6.45, 7) is 19.2. The molecule has 0 heterocycles. The van der Waals surface area contributed by atoms with Crippen LogP contribution in [0.1, 0.15) is 61.3 Å². The van der Waals surface area contributed by atoms with Crippen LogP contribution in [0.3, 0.4) is 0 Å².